The summed E-state index contributed by atoms with van der Waals surface area (Å²) >= 11 is 0. The van der Waals surface area contributed by atoms with Gasteiger partial charge in [0, 0.05) is 43.6 Å². The van der Waals surface area contributed by atoms with Gasteiger partial charge in [0.1, 0.15) is 11.6 Å². The minimum absolute atomic E-state index is 0.0588. The van der Waals surface area contributed by atoms with E-state index in [9.17, 15) is 18.0 Å². The Balaban J connectivity index is 1.43. The molecule has 1 amide bonds. The Bertz CT molecular complexity index is 1110. The highest BCUT2D eigenvalue weighted by atomic mass is 19.1. The highest BCUT2D eigenvalue weighted by Gasteiger charge is 2.35. The second-order valence-electron chi connectivity index (χ2n) is 8.49. The number of halogens is 3. The monoisotopic (exact) mass is 455 g/mol. The zero-order chi connectivity index (χ0) is 23.5. The van der Waals surface area contributed by atoms with Crippen LogP contribution < -0.4 is 4.90 Å². The van der Waals surface area contributed by atoms with Crippen LogP contribution in [0.4, 0.5) is 19.1 Å². The van der Waals surface area contributed by atoms with Crippen molar-refractivity contribution in [1.29, 1.82) is 0 Å². The molecule has 4 rings (SSSR count). The third-order valence-electron chi connectivity index (χ3n) is 5.66. The lowest BCUT2D eigenvalue weighted by atomic mass is 9.94. The molecule has 1 saturated heterocycles. The van der Waals surface area contributed by atoms with Crippen LogP contribution in [0.25, 0.3) is 0 Å². The van der Waals surface area contributed by atoms with Gasteiger partial charge in [-0.15, -0.1) is 0 Å². The van der Waals surface area contributed by atoms with Gasteiger partial charge in [-0.05, 0) is 36.5 Å². The van der Waals surface area contributed by atoms with E-state index in [1.165, 1.54) is 17.1 Å². The number of rotatable bonds is 3. The zero-order valence-corrected chi connectivity index (χ0v) is 18.4. The van der Waals surface area contributed by atoms with Gasteiger partial charge in [0.25, 0.3) is 0 Å². The molecule has 0 spiro atoms. The SMILES string of the molecule is CC(C)C#Cc1nc(N2CCC(C(=O)N3N=CCC3c3cc(F)cc(F)c3)CC2)ncc1F. The molecule has 0 saturated carbocycles. The molecule has 0 aliphatic carbocycles. The van der Waals surface area contributed by atoms with E-state index in [4.69, 9.17) is 0 Å². The van der Waals surface area contributed by atoms with Crippen molar-refractivity contribution >= 4 is 18.1 Å². The second kappa shape index (κ2) is 9.61. The minimum atomic E-state index is -0.686. The summed E-state index contributed by atoms with van der Waals surface area (Å²) in [6, 6.07) is 2.75. The Morgan fingerprint density at radius 3 is 2.48 bits per heavy atom. The summed E-state index contributed by atoms with van der Waals surface area (Å²) in [6.07, 6.45) is 4.17. The van der Waals surface area contributed by atoms with Crippen LogP contribution in [0, 0.1) is 41.1 Å². The predicted molar refractivity (Wildman–Crippen MR) is 118 cm³/mol. The Morgan fingerprint density at radius 2 is 1.82 bits per heavy atom. The summed E-state index contributed by atoms with van der Waals surface area (Å²) in [5.74, 6) is 3.71. The van der Waals surface area contributed by atoms with E-state index < -0.39 is 23.5 Å². The lowest BCUT2D eigenvalue weighted by Crippen LogP contribution is -2.41. The van der Waals surface area contributed by atoms with E-state index in [0.717, 1.165) is 12.3 Å². The van der Waals surface area contributed by atoms with E-state index in [-0.39, 0.29) is 23.4 Å². The average molecular weight is 455 g/mol. The molecule has 6 nitrogen and oxygen atoms in total. The summed E-state index contributed by atoms with van der Waals surface area (Å²) in [5, 5.41) is 5.52. The van der Waals surface area contributed by atoms with Crippen molar-refractivity contribution < 1.29 is 18.0 Å². The maximum Gasteiger partial charge on any atom is 0.246 e. The van der Waals surface area contributed by atoms with Crippen molar-refractivity contribution in [2.75, 3.05) is 18.0 Å². The minimum Gasteiger partial charge on any atom is -0.341 e. The average Bonchev–Trinajstić information content (AvgIpc) is 3.27. The Labute approximate surface area is 190 Å². The molecule has 2 aliphatic rings. The Kier molecular flexibility index (Phi) is 6.63. The van der Waals surface area contributed by atoms with Gasteiger partial charge in [-0.25, -0.2) is 28.1 Å². The van der Waals surface area contributed by atoms with Gasteiger partial charge in [-0.3, -0.25) is 4.79 Å². The molecule has 1 fully saturated rings. The first kappa shape index (κ1) is 22.8. The highest BCUT2D eigenvalue weighted by Crippen LogP contribution is 2.33. The standard InChI is InChI=1S/C24H24F3N5O/c1-15(2)3-4-21-20(27)14-28-24(30-21)31-9-6-16(7-10-31)23(33)32-22(5-8-29-32)17-11-18(25)13-19(26)12-17/h8,11-16,22H,5-7,9-10H2,1-2H3. The van der Waals surface area contributed by atoms with Crippen LogP contribution in [0.5, 0.6) is 0 Å². The number of carbonyl (C=O) groups excluding carboxylic acids is 1. The third kappa shape index (κ3) is 5.16. The van der Waals surface area contributed by atoms with Crippen LogP contribution in [0.15, 0.2) is 29.5 Å². The number of anilines is 1. The van der Waals surface area contributed by atoms with Gasteiger partial charge >= 0.3 is 0 Å². The van der Waals surface area contributed by atoms with E-state index in [1.807, 2.05) is 18.7 Å². The summed E-state index contributed by atoms with van der Waals surface area (Å²) in [6.45, 7) is 4.84. The molecule has 33 heavy (non-hydrogen) atoms. The number of hydrogen-bond acceptors (Lipinski definition) is 5. The quantitative estimate of drug-likeness (QED) is 0.655. The first-order chi connectivity index (χ1) is 15.8. The van der Waals surface area contributed by atoms with Gasteiger partial charge in [0.15, 0.2) is 11.5 Å². The number of nitrogens with zero attached hydrogens (tertiary/aromatic N) is 5. The van der Waals surface area contributed by atoms with E-state index >= 15 is 0 Å². The molecule has 2 aliphatic heterocycles. The maximum absolute atomic E-state index is 14.0. The van der Waals surface area contributed by atoms with Crippen molar-refractivity contribution in [1.82, 2.24) is 15.0 Å². The third-order valence-corrected chi connectivity index (χ3v) is 5.66. The molecule has 1 atom stereocenters. The molecule has 3 heterocycles. The number of hydrazone groups is 1. The number of hydrogen-bond donors (Lipinski definition) is 0. The van der Waals surface area contributed by atoms with Crippen LogP contribution in [-0.2, 0) is 4.79 Å². The van der Waals surface area contributed by atoms with Crippen LogP contribution in [0.3, 0.4) is 0 Å². The second-order valence-corrected chi connectivity index (χ2v) is 8.49. The van der Waals surface area contributed by atoms with Crippen LogP contribution in [-0.4, -0.2) is 40.2 Å². The predicted octanol–water partition coefficient (Wildman–Crippen LogP) is 4.08. The highest BCUT2D eigenvalue weighted by molar-refractivity contribution is 5.82. The first-order valence-electron chi connectivity index (χ1n) is 10.9. The molecule has 0 radical (unpaired) electrons. The Morgan fingerprint density at radius 1 is 1.12 bits per heavy atom. The van der Waals surface area contributed by atoms with Crippen molar-refractivity contribution in [2.24, 2.45) is 16.9 Å². The first-order valence-corrected chi connectivity index (χ1v) is 10.9. The van der Waals surface area contributed by atoms with Gasteiger partial charge in [-0.2, -0.15) is 5.10 Å². The molecular formula is C24H24F3N5O. The van der Waals surface area contributed by atoms with Crippen LogP contribution in [0.1, 0.15) is 50.4 Å². The summed E-state index contributed by atoms with van der Waals surface area (Å²) in [5.41, 5.74) is 0.439. The number of carbonyl (C=O) groups is 1. The van der Waals surface area contributed by atoms with Crippen molar-refractivity contribution in [3.63, 3.8) is 0 Å². The molecule has 1 unspecified atom stereocenters. The molecule has 1 aromatic heterocycles. The fourth-order valence-electron chi connectivity index (χ4n) is 3.99. The fraction of sp³-hybridized carbons (Fsp3) is 0.417. The van der Waals surface area contributed by atoms with Gasteiger partial charge in [0.2, 0.25) is 11.9 Å². The lowest BCUT2D eigenvalue weighted by molar-refractivity contribution is -0.138. The van der Waals surface area contributed by atoms with Crippen LogP contribution >= 0.6 is 0 Å². The molecule has 0 N–H and O–H groups in total. The van der Waals surface area contributed by atoms with E-state index in [0.29, 0.717) is 43.9 Å². The number of benzene rings is 1. The molecular weight excluding hydrogens is 431 g/mol. The topological polar surface area (TPSA) is 61.7 Å². The van der Waals surface area contributed by atoms with E-state index in [2.05, 4.69) is 26.9 Å². The zero-order valence-electron chi connectivity index (χ0n) is 18.4. The number of aromatic nitrogens is 2. The summed E-state index contributed by atoms with van der Waals surface area (Å²) in [4.78, 5) is 23.4. The Hall–Kier alpha value is -3.41. The van der Waals surface area contributed by atoms with Gasteiger partial charge in [0.05, 0.1) is 12.2 Å². The van der Waals surface area contributed by atoms with E-state index in [1.54, 1.807) is 6.21 Å². The molecule has 2 aromatic rings. The van der Waals surface area contributed by atoms with Gasteiger partial charge in [-0.1, -0.05) is 19.8 Å². The fourth-order valence-corrected chi connectivity index (χ4v) is 3.99. The van der Waals surface area contributed by atoms with Crippen molar-refractivity contribution in [3.05, 3.63) is 53.1 Å². The lowest BCUT2D eigenvalue weighted by Gasteiger charge is -2.33. The molecule has 0 bridgehead atoms. The summed E-state index contributed by atoms with van der Waals surface area (Å²) < 4.78 is 41.4. The maximum atomic E-state index is 14.0. The van der Waals surface area contributed by atoms with Crippen LogP contribution in [0.2, 0.25) is 0 Å². The van der Waals surface area contributed by atoms with Gasteiger partial charge < -0.3 is 4.90 Å². The molecule has 1 aromatic carbocycles. The normalized spacial score (nSPS) is 18.5. The summed E-state index contributed by atoms with van der Waals surface area (Å²) in [7, 11) is 0. The number of piperidine rings is 1. The smallest absolute Gasteiger partial charge is 0.246 e. The molecule has 9 heteroatoms. The van der Waals surface area contributed by atoms with Crippen molar-refractivity contribution in [3.8, 4) is 11.8 Å². The van der Waals surface area contributed by atoms with Crippen molar-refractivity contribution in [2.45, 2.75) is 39.2 Å². The molecule has 172 valence electrons. The largest absolute Gasteiger partial charge is 0.341 e. The number of amides is 1.